The summed E-state index contributed by atoms with van der Waals surface area (Å²) in [4.78, 5) is 39.6. The molecule has 3 aromatic rings. The molecule has 0 saturated carbocycles. The highest BCUT2D eigenvalue weighted by Gasteiger charge is 2.34. The van der Waals surface area contributed by atoms with Crippen molar-refractivity contribution in [2.75, 3.05) is 6.54 Å². The normalized spacial score (nSPS) is 14.5. The number of Topliss-reactive ketones (excluding diaryl/α,β-unsaturated/α-hetero) is 1. The minimum atomic E-state index is -0.399. The van der Waals surface area contributed by atoms with E-state index in [-0.39, 0.29) is 18.2 Å². The van der Waals surface area contributed by atoms with Gasteiger partial charge in [-0.3, -0.25) is 19.3 Å². The number of imide groups is 1. The molecule has 0 radical (unpaired) electrons. The standard InChI is InChI=1S/C23H19NO3/c1-15(13-16-7-3-2-4-8-16)20(25)14-24-22(26)18-11-5-9-17-10-6-12-19(21(17)18)23(24)27/h2-12,15H,13-14H2,1H3/t15-/m0/s1. The van der Waals surface area contributed by atoms with E-state index >= 15 is 0 Å². The number of amides is 2. The van der Waals surface area contributed by atoms with Crippen LogP contribution < -0.4 is 0 Å². The lowest BCUT2D eigenvalue weighted by molar-refractivity contribution is -0.122. The van der Waals surface area contributed by atoms with Gasteiger partial charge in [-0.25, -0.2) is 0 Å². The molecule has 4 nitrogen and oxygen atoms in total. The number of hydrogen-bond acceptors (Lipinski definition) is 3. The van der Waals surface area contributed by atoms with Gasteiger partial charge in [-0.1, -0.05) is 61.5 Å². The van der Waals surface area contributed by atoms with Gasteiger partial charge in [0.2, 0.25) is 0 Å². The summed E-state index contributed by atoms with van der Waals surface area (Å²) < 4.78 is 0. The second kappa shape index (κ2) is 6.80. The van der Waals surface area contributed by atoms with Gasteiger partial charge in [0.25, 0.3) is 11.8 Å². The van der Waals surface area contributed by atoms with Gasteiger partial charge < -0.3 is 0 Å². The van der Waals surface area contributed by atoms with Crippen molar-refractivity contribution in [2.24, 2.45) is 5.92 Å². The maximum atomic E-state index is 12.9. The van der Waals surface area contributed by atoms with E-state index in [9.17, 15) is 14.4 Å². The van der Waals surface area contributed by atoms with Gasteiger partial charge in [-0.2, -0.15) is 0 Å². The zero-order chi connectivity index (χ0) is 19.0. The Bertz CT molecular complexity index is 1000. The van der Waals surface area contributed by atoms with Gasteiger partial charge in [0.15, 0.2) is 5.78 Å². The summed E-state index contributed by atoms with van der Waals surface area (Å²) in [5, 5.41) is 1.53. The van der Waals surface area contributed by atoms with E-state index in [1.165, 1.54) is 0 Å². The van der Waals surface area contributed by atoms with E-state index in [0.29, 0.717) is 22.9 Å². The molecule has 0 aromatic heterocycles. The molecule has 3 aromatic carbocycles. The Morgan fingerprint density at radius 2 is 1.44 bits per heavy atom. The monoisotopic (exact) mass is 357 g/mol. The largest absolute Gasteiger partial charge is 0.297 e. The van der Waals surface area contributed by atoms with Crippen molar-refractivity contribution in [3.8, 4) is 0 Å². The molecule has 4 rings (SSSR count). The Hall–Kier alpha value is -3.27. The van der Waals surface area contributed by atoms with Gasteiger partial charge >= 0.3 is 0 Å². The number of hydrogen-bond donors (Lipinski definition) is 0. The quantitative estimate of drug-likeness (QED) is 0.651. The topological polar surface area (TPSA) is 54.5 Å². The van der Waals surface area contributed by atoms with Crippen LogP contribution in [0.3, 0.4) is 0 Å². The highest BCUT2D eigenvalue weighted by Crippen LogP contribution is 2.30. The van der Waals surface area contributed by atoms with E-state index in [2.05, 4.69) is 0 Å². The maximum Gasteiger partial charge on any atom is 0.261 e. The molecule has 0 unspecified atom stereocenters. The van der Waals surface area contributed by atoms with E-state index < -0.39 is 11.8 Å². The van der Waals surface area contributed by atoms with Crippen molar-refractivity contribution in [1.82, 2.24) is 4.90 Å². The number of ketones is 1. The molecule has 134 valence electrons. The fourth-order valence-corrected chi connectivity index (χ4v) is 3.62. The first kappa shape index (κ1) is 17.2. The summed E-state index contributed by atoms with van der Waals surface area (Å²) in [6, 6.07) is 20.5. The predicted molar refractivity (Wildman–Crippen MR) is 104 cm³/mol. The van der Waals surface area contributed by atoms with Crippen LogP contribution in [-0.2, 0) is 11.2 Å². The van der Waals surface area contributed by atoms with Gasteiger partial charge in [-0.15, -0.1) is 0 Å². The summed E-state index contributed by atoms with van der Waals surface area (Å²) >= 11 is 0. The first-order valence-electron chi connectivity index (χ1n) is 9.01. The number of carbonyl (C=O) groups is 3. The van der Waals surface area contributed by atoms with Crippen LogP contribution in [0.4, 0.5) is 0 Å². The molecule has 0 aliphatic carbocycles. The second-order valence-electron chi connectivity index (χ2n) is 6.96. The van der Waals surface area contributed by atoms with Crippen molar-refractivity contribution in [3.05, 3.63) is 83.4 Å². The number of benzene rings is 3. The molecule has 1 heterocycles. The van der Waals surface area contributed by atoms with E-state index in [0.717, 1.165) is 15.8 Å². The van der Waals surface area contributed by atoms with Crippen LogP contribution in [0.1, 0.15) is 33.2 Å². The molecule has 0 bridgehead atoms. The van der Waals surface area contributed by atoms with Crippen LogP contribution >= 0.6 is 0 Å². The summed E-state index contributed by atoms with van der Waals surface area (Å²) in [7, 11) is 0. The van der Waals surface area contributed by atoms with Crippen LogP contribution in [0.2, 0.25) is 0 Å². The number of carbonyl (C=O) groups excluding carboxylic acids is 3. The fraction of sp³-hybridized carbons (Fsp3) is 0.174. The lowest BCUT2D eigenvalue weighted by atomic mass is 9.92. The average molecular weight is 357 g/mol. The third kappa shape index (κ3) is 3.04. The van der Waals surface area contributed by atoms with Crippen molar-refractivity contribution < 1.29 is 14.4 Å². The van der Waals surface area contributed by atoms with Crippen LogP contribution in [-0.4, -0.2) is 29.0 Å². The molecule has 0 spiro atoms. The molecule has 1 aliphatic heterocycles. The van der Waals surface area contributed by atoms with Gasteiger partial charge in [0.05, 0.1) is 6.54 Å². The fourth-order valence-electron chi connectivity index (χ4n) is 3.62. The van der Waals surface area contributed by atoms with Crippen LogP contribution in [0, 0.1) is 5.92 Å². The Balaban J connectivity index is 1.59. The Labute approximate surface area is 157 Å². The molecule has 0 fully saturated rings. The van der Waals surface area contributed by atoms with E-state index in [4.69, 9.17) is 0 Å². The highest BCUT2D eigenvalue weighted by molar-refractivity contribution is 6.26. The summed E-state index contributed by atoms with van der Waals surface area (Å²) in [5.41, 5.74) is 2.02. The minimum Gasteiger partial charge on any atom is -0.297 e. The first-order valence-corrected chi connectivity index (χ1v) is 9.01. The summed E-state index contributed by atoms with van der Waals surface area (Å²) in [6.45, 7) is 1.64. The molecule has 2 amide bonds. The lowest BCUT2D eigenvalue weighted by Gasteiger charge is -2.27. The van der Waals surface area contributed by atoms with Crippen LogP contribution in [0.15, 0.2) is 66.7 Å². The van der Waals surface area contributed by atoms with Gasteiger partial charge in [0, 0.05) is 22.4 Å². The molecule has 1 atom stereocenters. The first-order chi connectivity index (χ1) is 13.1. The lowest BCUT2D eigenvalue weighted by Crippen LogP contribution is -2.44. The Kier molecular flexibility index (Phi) is 4.32. The minimum absolute atomic E-state index is 0.118. The molecular formula is C23H19NO3. The van der Waals surface area contributed by atoms with Crippen LogP contribution in [0.25, 0.3) is 10.8 Å². The maximum absolute atomic E-state index is 12.9. The highest BCUT2D eigenvalue weighted by atomic mass is 16.2. The average Bonchev–Trinajstić information content (AvgIpc) is 2.69. The zero-order valence-electron chi connectivity index (χ0n) is 15.0. The SMILES string of the molecule is C[C@@H](Cc1ccccc1)C(=O)CN1C(=O)c2cccc3cccc(c23)C1=O. The van der Waals surface area contributed by atoms with E-state index in [1.807, 2.05) is 49.4 Å². The smallest absolute Gasteiger partial charge is 0.261 e. The Morgan fingerprint density at radius 1 is 0.852 bits per heavy atom. The molecule has 0 saturated heterocycles. The van der Waals surface area contributed by atoms with Crippen molar-refractivity contribution in [2.45, 2.75) is 13.3 Å². The third-order valence-corrected chi connectivity index (χ3v) is 5.10. The number of rotatable bonds is 5. The van der Waals surface area contributed by atoms with Crippen LogP contribution in [0.5, 0.6) is 0 Å². The second-order valence-corrected chi connectivity index (χ2v) is 6.96. The van der Waals surface area contributed by atoms with Crippen molar-refractivity contribution >= 4 is 28.4 Å². The molecule has 27 heavy (non-hydrogen) atoms. The van der Waals surface area contributed by atoms with Crippen molar-refractivity contribution in [1.29, 1.82) is 0 Å². The summed E-state index contributed by atoms with van der Waals surface area (Å²) in [6.07, 6.45) is 0.585. The van der Waals surface area contributed by atoms with Gasteiger partial charge in [0.1, 0.15) is 0 Å². The molecule has 1 aliphatic rings. The summed E-state index contributed by atoms with van der Waals surface area (Å²) in [5.74, 6) is -1.19. The third-order valence-electron chi connectivity index (χ3n) is 5.10. The van der Waals surface area contributed by atoms with E-state index in [1.54, 1.807) is 24.3 Å². The number of nitrogens with zero attached hydrogens (tertiary/aromatic N) is 1. The predicted octanol–water partition coefficient (Wildman–Crippen LogP) is 3.88. The molecular weight excluding hydrogens is 338 g/mol. The Morgan fingerprint density at radius 3 is 2.04 bits per heavy atom. The van der Waals surface area contributed by atoms with Gasteiger partial charge in [-0.05, 0) is 29.5 Å². The zero-order valence-corrected chi connectivity index (χ0v) is 15.0. The molecule has 0 N–H and O–H groups in total. The molecule has 4 heteroatoms. The van der Waals surface area contributed by atoms with Crippen molar-refractivity contribution in [3.63, 3.8) is 0 Å².